The van der Waals surface area contributed by atoms with E-state index in [0.29, 0.717) is 33.9 Å². The van der Waals surface area contributed by atoms with Gasteiger partial charge in [-0.3, -0.25) is 9.69 Å². The minimum Gasteiger partial charge on any atom is -0.495 e. The summed E-state index contributed by atoms with van der Waals surface area (Å²) in [6, 6.07) is 20.1. The molecule has 0 bridgehead atoms. The van der Waals surface area contributed by atoms with E-state index in [1.165, 1.54) is 30.2 Å². The topological polar surface area (TPSA) is 132 Å². The smallest absolute Gasteiger partial charge is 0.335 e. The molecule has 9 nitrogen and oxygen atoms in total. The summed E-state index contributed by atoms with van der Waals surface area (Å²) in [4.78, 5) is 39.7. The second-order valence-electron chi connectivity index (χ2n) is 7.96. The lowest BCUT2D eigenvalue weighted by Crippen LogP contribution is -2.48. The highest BCUT2D eigenvalue weighted by Crippen LogP contribution is 2.35. The Hall–Kier alpha value is -5.10. The van der Waals surface area contributed by atoms with Gasteiger partial charge in [-0.1, -0.05) is 30.3 Å². The van der Waals surface area contributed by atoms with Crippen LogP contribution in [-0.2, 0) is 4.79 Å². The molecule has 3 aromatic carbocycles. The lowest BCUT2D eigenvalue weighted by Gasteiger charge is -2.36. The number of nitriles is 1. The lowest BCUT2D eigenvalue weighted by atomic mass is 9.93. The molecule has 0 unspecified atom stereocenters. The summed E-state index contributed by atoms with van der Waals surface area (Å²) in [5.74, 6) is -1.16. The Labute approximate surface area is 207 Å². The third-order valence-corrected chi connectivity index (χ3v) is 5.81. The maximum atomic E-state index is 13.7. The predicted molar refractivity (Wildman–Crippen MR) is 133 cm³/mol. The molecule has 1 aliphatic heterocycles. The Bertz CT molecular complexity index is 1420. The van der Waals surface area contributed by atoms with Crippen LogP contribution in [0, 0.1) is 11.3 Å². The van der Waals surface area contributed by atoms with Gasteiger partial charge in [-0.05, 0) is 55.0 Å². The molecule has 3 aromatic rings. The third kappa shape index (κ3) is 4.60. The van der Waals surface area contributed by atoms with Crippen LogP contribution in [-0.4, -0.2) is 30.1 Å². The number of anilines is 2. The standard InChI is InChI=1S/C27H22N4O5/c1-16-23(25(32)29-21-8-3-4-9-22(21)36-2)24(18-12-10-17(15-28)11-13-18)30-27(35)31(16)20-7-5-6-19(14-20)26(33)34/h3-14,24H,1-2H3,(H,29,32)(H,30,35)(H,33,34)/t24-/m1/s1. The van der Waals surface area contributed by atoms with Crippen LogP contribution in [0.1, 0.15) is 34.5 Å². The number of carboxylic acids is 1. The van der Waals surface area contributed by atoms with E-state index in [2.05, 4.69) is 10.6 Å². The minimum absolute atomic E-state index is 0.00217. The number of carbonyl (C=O) groups is 3. The first kappa shape index (κ1) is 24.0. The Kier molecular flexibility index (Phi) is 6.70. The van der Waals surface area contributed by atoms with Gasteiger partial charge in [0.25, 0.3) is 5.91 Å². The number of hydrogen-bond acceptors (Lipinski definition) is 5. The Morgan fingerprint density at radius 3 is 2.47 bits per heavy atom. The number of ether oxygens (including phenoxy) is 1. The van der Waals surface area contributed by atoms with Crippen molar-refractivity contribution in [2.24, 2.45) is 0 Å². The van der Waals surface area contributed by atoms with Crippen molar-refractivity contribution >= 4 is 29.3 Å². The molecule has 180 valence electrons. The zero-order chi connectivity index (χ0) is 25.8. The fraction of sp³-hybridized carbons (Fsp3) is 0.111. The third-order valence-electron chi connectivity index (χ3n) is 5.81. The van der Waals surface area contributed by atoms with Gasteiger partial charge in [0.05, 0.1) is 47.3 Å². The fourth-order valence-electron chi connectivity index (χ4n) is 4.06. The first-order valence-corrected chi connectivity index (χ1v) is 10.9. The van der Waals surface area contributed by atoms with Crippen LogP contribution in [0.15, 0.2) is 84.1 Å². The van der Waals surface area contributed by atoms with Gasteiger partial charge in [-0.2, -0.15) is 5.26 Å². The SMILES string of the molecule is COc1ccccc1NC(=O)C1=C(C)N(c2cccc(C(=O)O)c2)C(=O)N[C@@H]1c1ccc(C#N)cc1. The van der Waals surface area contributed by atoms with Gasteiger partial charge in [0.1, 0.15) is 5.75 Å². The van der Waals surface area contributed by atoms with Crippen LogP contribution in [0.2, 0.25) is 0 Å². The van der Waals surface area contributed by atoms with Crippen LogP contribution in [0.4, 0.5) is 16.2 Å². The van der Waals surface area contributed by atoms with Crippen LogP contribution in [0.25, 0.3) is 0 Å². The van der Waals surface area contributed by atoms with Crippen LogP contribution >= 0.6 is 0 Å². The number of carboxylic acid groups (broad SMARTS) is 1. The van der Waals surface area contributed by atoms with E-state index < -0.39 is 23.9 Å². The number of allylic oxidation sites excluding steroid dienone is 1. The number of methoxy groups -OCH3 is 1. The maximum Gasteiger partial charge on any atom is 0.335 e. The zero-order valence-electron chi connectivity index (χ0n) is 19.5. The monoisotopic (exact) mass is 482 g/mol. The van der Waals surface area contributed by atoms with E-state index in [1.807, 2.05) is 6.07 Å². The molecular weight excluding hydrogens is 460 g/mol. The van der Waals surface area contributed by atoms with Gasteiger partial charge in [0, 0.05) is 5.70 Å². The molecule has 9 heteroatoms. The summed E-state index contributed by atoms with van der Waals surface area (Å²) in [6.07, 6.45) is 0. The molecule has 1 atom stereocenters. The molecule has 4 rings (SSSR count). The molecule has 0 aliphatic carbocycles. The molecule has 0 saturated heterocycles. The number of benzene rings is 3. The molecule has 0 aromatic heterocycles. The quantitative estimate of drug-likeness (QED) is 0.476. The first-order valence-electron chi connectivity index (χ1n) is 10.9. The summed E-state index contributed by atoms with van der Waals surface area (Å²) in [6.45, 7) is 1.62. The molecule has 3 N–H and O–H groups in total. The molecule has 3 amide bonds. The van der Waals surface area contributed by atoms with Crippen molar-refractivity contribution in [3.63, 3.8) is 0 Å². The highest BCUT2D eigenvalue weighted by molar-refractivity contribution is 6.10. The molecular formula is C27H22N4O5. The molecule has 0 fully saturated rings. The van der Waals surface area contributed by atoms with Crippen LogP contribution in [0.3, 0.4) is 0 Å². The maximum absolute atomic E-state index is 13.7. The van der Waals surface area contributed by atoms with Gasteiger partial charge in [0.15, 0.2) is 0 Å². The van der Waals surface area contributed by atoms with Gasteiger partial charge < -0.3 is 20.5 Å². The summed E-state index contributed by atoms with van der Waals surface area (Å²) in [5, 5.41) is 24.2. The van der Waals surface area contributed by atoms with E-state index in [9.17, 15) is 19.5 Å². The van der Waals surface area contributed by atoms with Crippen molar-refractivity contribution in [1.82, 2.24) is 5.32 Å². The highest BCUT2D eigenvalue weighted by Gasteiger charge is 2.36. The highest BCUT2D eigenvalue weighted by atomic mass is 16.5. The van der Waals surface area contributed by atoms with Crippen molar-refractivity contribution in [3.8, 4) is 11.8 Å². The van der Waals surface area contributed by atoms with E-state index in [0.717, 1.165) is 0 Å². The number of amides is 3. The number of rotatable bonds is 6. The Morgan fingerprint density at radius 1 is 1.08 bits per heavy atom. The Morgan fingerprint density at radius 2 is 1.81 bits per heavy atom. The molecule has 1 heterocycles. The van der Waals surface area contributed by atoms with Crippen molar-refractivity contribution < 1.29 is 24.2 Å². The Balaban J connectivity index is 1.83. The van der Waals surface area contributed by atoms with E-state index in [4.69, 9.17) is 10.00 Å². The molecule has 0 saturated carbocycles. The number of aromatic carboxylic acids is 1. The number of carbonyl (C=O) groups excluding carboxylic acids is 2. The van der Waals surface area contributed by atoms with Gasteiger partial charge in [-0.25, -0.2) is 9.59 Å². The number of nitrogens with one attached hydrogen (secondary N) is 2. The number of hydrogen-bond donors (Lipinski definition) is 3. The van der Waals surface area contributed by atoms with E-state index in [1.54, 1.807) is 61.5 Å². The van der Waals surface area contributed by atoms with Crippen LogP contribution in [0.5, 0.6) is 5.75 Å². The average molecular weight is 482 g/mol. The van der Waals surface area contributed by atoms with Gasteiger partial charge in [-0.15, -0.1) is 0 Å². The fourth-order valence-corrected chi connectivity index (χ4v) is 4.06. The van der Waals surface area contributed by atoms with Crippen molar-refractivity contribution in [1.29, 1.82) is 5.26 Å². The second kappa shape index (κ2) is 10.0. The van der Waals surface area contributed by atoms with Crippen molar-refractivity contribution in [3.05, 3.63) is 101 Å². The van der Waals surface area contributed by atoms with Gasteiger partial charge in [0.2, 0.25) is 0 Å². The largest absolute Gasteiger partial charge is 0.495 e. The molecule has 1 aliphatic rings. The summed E-state index contributed by atoms with van der Waals surface area (Å²) in [5.41, 5.74) is 2.35. The number of urea groups is 1. The normalized spacial score (nSPS) is 15.1. The van der Waals surface area contributed by atoms with Crippen molar-refractivity contribution in [2.75, 3.05) is 17.3 Å². The molecule has 0 spiro atoms. The minimum atomic E-state index is -1.14. The molecule has 36 heavy (non-hydrogen) atoms. The summed E-state index contributed by atoms with van der Waals surface area (Å²) >= 11 is 0. The van der Waals surface area contributed by atoms with E-state index >= 15 is 0 Å². The number of para-hydroxylation sites is 2. The van der Waals surface area contributed by atoms with Crippen molar-refractivity contribution in [2.45, 2.75) is 13.0 Å². The molecule has 0 radical (unpaired) electrons. The lowest BCUT2D eigenvalue weighted by molar-refractivity contribution is -0.113. The summed E-state index contributed by atoms with van der Waals surface area (Å²) in [7, 11) is 1.49. The zero-order valence-corrected chi connectivity index (χ0v) is 19.5. The average Bonchev–Trinajstić information content (AvgIpc) is 2.88. The van der Waals surface area contributed by atoms with E-state index in [-0.39, 0.29) is 11.1 Å². The first-order chi connectivity index (χ1) is 17.3. The second-order valence-corrected chi connectivity index (χ2v) is 7.96. The van der Waals surface area contributed by atoms with Crippen LogP contribution < -0.4 is 20.3 Å². The van der Waals surface area contributed by atoms with Gasteiger partial charge >= 0.3 is 12.0 Å². The number of nitrogens with zero attached hydrogens (tertiary/aromatic N) is 2. The summed E-state index contributed by atoms with van der Waals surface area (Å²) < 4.78 is 5.34. The predicted octanol–water partition coefficient (Wildman–Crippen LogP) is 4.45.